The van der Waals surface area contributed by atoms with Gasteiger partial charge in [0.2, 0.25) is 0 Å². The number of rotatable bonds is 3. The smallest absolute Gasteiger partial charge is 0.261 e. The molecule has 3 fully saturated rings. The van der Waals surface area contributed by atoms with Crippen molar-refractivity contribution < 1.29 is 19.1 Å². The Bertz CT molecular complexity index is 846. The van der Waals surface area contributed by atoms with E-state index in [1.165, 1.54) is 11.3 Å². The molecule has 7 heteroatoms. The van der Waals surface area contributed by atoms with Crippen LogP contribution in [0.25, 0.3) is 0 Å². The molecular formula is C22H27N3O4. The van der Waals surface area contributed by atoms with Gasteiger partial charge in [-0.2, -0.15) is 0 Å². The maximum atomic E-state index is 13.0. The zero-order chi connectivity index (χ0) is 20.0. The number of imide groups is 1. The molecule has 1 spiro atoms. The predicted molar refractivity (Wildman–Crippen MR) is 106 cm³/mol. The molecule has 1 N–H and O–H groups in total. The van der Waals surface area contributed by atoms with Gasteiger partial charge in [-0.15, -0.1) is 0 Å². The summed E-state index contributed by atoms with van der Waals surface area (Å²) in [7, 11) is 0. The van der Waals surface area contributed by atoms with E-state index < -0.39 is 0 Å². The highest BCUT2D eigenvalue weighted by molar-refractivity contribution is 6.22. The number of nitrogens with one attached hydrogen (secondary N) is 1. The third-order valence-electron chi connectivity index (χ3n) is 7.07. The molecule has 1 unspecified atom stereocenters. The van der Waals surface area contributed by atoms with Gasteiger partial charge in [-0.25, -0.2) is 0 Å². The molecule has 4 aliphatic rings. The second kappa shape index (κ2) is 7.22. The van der Waals surface area contributed by atoms with Crippen LogP contribution in [0.15, 0.2) is 18.2 Å². The second-order valence-electron chi connectivity index (χ2n) is 8.84. The molecule has 7 nitrogen and oxygen atoms in total. The van der Waals surface area contributed by atoms with E-state index in [9.17, 15) is 14.4 Å². The Morgan fingerprint density at radius 1 is 1.14 bits per heavy atom. The van der Waals surface area contributed by atoms with Crippen LogP contribution in [0.1, 0.15) is 63.2 Å². The van der Waals surface area contributed by atoms with Crippen molar-refractivity contribution >= 4 is 17.7 Å². The highest BCUT2D eigenvalue weighted by Crippen LogP contribution is 2.37. The van der Waals surface area contributed by atoms with Crippen molar-refractivity contribution in [3.05, 3.63) is 34.9 Å². The maximum absolute atomic E-state index is 13.0. The van der Waals surface area contributed by atoms with Gasteiger partial charge in [-0.05, 0) is 62.3 Å². The number of nitrogens with zero attached hydrogens (tertiary/aromatic N) is 2. The molecule has 1 aromatic rings. The number of hydrogen-bond donors (Lipinski definition) is 1. The van der Waals surface area contributed by atoms with Crippen molar-refractivity contribution in [1.29, 1.82) is 0 Å². The summed E-state index contributed by atoms with van der Waals surface area (Å²) in [5, 5.41) is 3.44. The molecule has 29 heavy (non-hydrogen) atoms. The van der Waals surface area contributed by atoms with E-state index in [-0.39, 0.29) is 30.4 Å². The van der Waals surface area contributed by atoms with Gasteiger partial charge in [0.25, 0.3) is 17.7 Å². The van der Waals surface area contributed by atoms with Gasteiger partial charge >= 0.3 is 0 Å². The van der Waals surface area contributed by atoms with E-state index in [1.54, 1.807) is 18.2 Å². The van der Waals surface area contributed by atoms with E-state index in [0.717, 1.165) is 51.9 Å². The summed E-state index contributed by atoms with van der Waals surface area (Å²) in [4.78, 5) is 41.7. The van der Waals surface area contributed by atoms with Crippen LogP contribution in [-0.4, -0.2) is 73.0 Å². The van der Waals surface area contributed by atoms with E-state index in [0.29, 0.717) is 28.7 Å². The maximum Gasteiger partial charge on any atom is 0.261 e. The first-order valence-corrected chi connectivity index (χ1v) is 10.7. The Kier molecular flexibility index (Phi) is 4.67. The van der Waals surface area contributed by atoms with E-state index in [2.05, 4.69) is 5.32 Å². The van der Waals surface area contributed by atoms with Crippen molar-refractivity contribution in [2.45, 2.75) is 38.2 Å². The predicted octanol–water partition coefficient (Wildman–Crippen LogP) is 1.68. The Labute approximate surface area is 170 Å². The zero-order valence-electron chi connectivity index (χ0n) is 16.6. The number of carbonyl (C=O) groups is 3. The average molecular weight is 397 g/mol. The minimum absolute atomic E-state index is 0.0496. The largest absolute Gasteiger partial charge is 0.376 e. The highest BCUT2D eigenvalue weighted by Gasteiger charge is 2.40. The normalized spacial score (nSPS) is 25.9. The Morgan fingerprint density at radius 2 is 1.93 bits per heavy atom. The third-order valence-corrected chi connectivity index (χ3v) is 7.07. The number of hydrogen-bond acceptors (Lipinski definition) is 5. The fourth-order valence-electron chi connectivity index (χ4n) is 5.17. The Balaban J connectivity index is 1.30. The quantitative estimate of drug-likeness (QED) is 0.785. The second-order valence-corrected chi connectivity index (χ2v) is 8.84. The van der Waals surface area contributed by atoms with Crippen molar-refractivity contribution in [3.8, 4) is 0 Å². The van der Waals surface area contributed by atoms with Crippen LogP contribution < -0.4 is 5.32 Å². The number of benzene rings is 1. The number of ether oxygens (including phenoxy) is 1. The number of carbonyl (C=O) groups excluding carboxylic acids is 3. The molecule has 0 saturated carbocycles. The summed E-state index contributed by atoms with van der Waals surface area (Å²) in [6.07, 6.45) is 4.96. The van der Waals surface area contributed by atoms with Crippen LogP contribution in [0.3, 0.4) is 0 Å². The molecule has 154 valence electrons. The minimum atomic E-state index is -0.315. The highest BCUT2D eigenvalue weighted by atomic mass is 16.5. The molecule has 0 aromatic heterocycles. The monoisotopic (exact) mass is 397 g/mol. The lowest BCUT2D eigenvalue weighted by atomic mass is 9.78. The van der Waals surface area contributed by atoms with Crippen LogP contribution in [0, 0.1) is 5.41 Å². The van der Waals surface area contributed by atoms with Gasteiger partial charge in [0.1, 0.15) is 0 Å². The molecule has 3 saturated heterocycles. The summed E-state index contributed by atoms with van der Waals surface area (Å²) in [5.74, 6) is -0.649. The molecule has 1 atom stereocenters. The van der Waals surface area contributed by atoms with Gasteiger partial charge in [-0.3, -0.25) is 19.3 Å². The van der Waals surface area contributed by atoms with Crippen LogP contribution in [-0.2, 0) is 4.74 Å². The number of piperidine rings is 1. The third kappa shape index (κ3) is 3.26. The summed E-state index contributed by atoms with van der Waals surface area (Å²) in [5.41, 5.74) is 1.57. The van der Waals surface area contributed by atoms with Crippen molar-refractivity contribution in [2.24, 2.45) is 5.41 Å². The first-order chi connectivity index (χ1) is 14.1. The van der Waals surface area contributed by atoms with Crippen molar-refractivity contribution in [1.82, 2.24) is 15.1 Å². The molecule has 3 amide bonds. The fourth-order valence-corrected chi connectivity index (χ4v) is 5.17. The first-order valence-electron chi connectivity index (χ1n) is 10.7. The molecule has 0 aliphatic carbocycles. The molecule has 4 heterocycles. The van der Waals surface area contributed by atoms with Crippen LogP contribution >= 0.6 is 0 Å². The van der Waals surface area contributed by atoms with Gasteiger partial charge < -0.3 is 15.0 Å². The molecule has 4 aliphatic heterocycles. The Morgan fingerprint density at radius 3 is 2.62 bits per heavy atom. The topological polar surface area (TPSA) is 79.0 Å². The summed E-state index contributed by atoms with van der Waals surface area (Å²) >= 11 is 0. The number of amides is 3. The van der Waals surface area contributed by atoms with E-state index in [4.69, 9.17) is 4.74 Å². The van der Waals surface area contributed by atoms with Crippen LogP contribution in [0.4, 0.5) is 0 Å². The van der Waals surface area contributed by atoms with E-state index >= 15 is 0 Å². The molecule has 5 rings (SSSR count). The van der Waals surface area contributed by atoms with Crippen molar-refractivity contribution in [3.63, 3.8) is 0 Å². The zero-order valence-corrected chi connectivity index (χ0v) is 16.6. The van der Waals surface area contributed by atoms with Crippen LogP contribution in [0.2, 0.25) is 0 Å². The summed E-state index contributed by atoms with van der Waals surface area (Å²) < 4.78 is 5.58. The van der Waals surface area contributed by atoms with Gasteiger partial charge in [-0.1, -0.05) is 0 Å². The van der Waals surface area contributed by atoms with E-state index in [1.807, 2.05) is 4.90 Å². The molecule has 0 bridgehead atoms. The van der Waals surface area contributed by atoms with Crippen molar-refractivity contribution in [2.75, 3.05) is 39.3 Å². The molecule has 0 radical (unpaired) electrons. The molecule has 1 aromatic carbocycles. The van der Waals surface area contributed by atoms with Gasteiger partial charge in [0, 0.05) is 31.8 Å². The number of likely N-dealkylation sites (tertiary alicyclic amines) is 1. The lowest BCUT2D eigenvalue weighted by molar-refractivity contribution is 0.0475. The SMILES string of the molecule is O=C(c1ccc2c(c1)C(=O)N(CC1CCCO1)C2=O)N1CCC2(CCNC2)CC1. The standard InChI is InChI=1S/C22H27N3O4/c26-19(24-9-6-22(7-10-24)5-8-23-14-22)15-3-4-17-18(12-15)21(28)25(20(17)27)13-16-2-1-11-29-16/h3-4,12,16,23H,1-2,5-11,13-14H2. The van der Waals surface area contributed by atoms with Crippen LogP contribution in [0.5, 0.6) is 0 Å². The average Bonchev–Trinajstić information content (AvgIpc) is 3.47. The summed E-state index contributed by atoms with van der Waals surface area (Å²) in [6, 6.07) is 4.92. The minimum Gasteiger partial charge on any atom is -0.376 e. The summed E-state index contributed by atoms with van der Waals surface area (Å²) in [6.45, 7) is 4.57. The van der Waals surface area contributed by atoms with Gasteiger partial charge in [0.05, 0.1) is 23.8 Å². The lowest BCUT2D eigenvalue weighted by Gasteiger charge is -2.38. The fraction of sp³-hybridized carbons (Fsp3) is 0.591. The van der Waals surface area contributed by atoms with Gasteiger partial charge in [0.15, 0.2) is 0 Å². The molecular weight excluding hydrogens is 370 g/mol. The number of fused-ring (bicyclic) bond motifs is 1. The first kappa shape index (κ1) is 18.8. The Hall–Kier alpha value is -2.25. The lowest BCUT2D eigenvalue weighted by Crippen LogP contribution is -2.44.